The van der Waals surface area contributed by atoms with Crippen molar-refractivity contribution in [2.75, 3.05) is 5.32 Å². The highest BCUT2D eigenvalue weighted by Crippen LogP contribution is 2.22. The summed E-state index contributed by atoms with van der Waals surface area (Å²) in [5.74, 6) is -0.440. The minimum absolute atomic E-state index is 0.0384. The van der Waals surface area contributed by atoms with Crippen molar-refractivity contribution in [2.24, 2.45) is 0 Å². The van der Waals surface area contributed by atoms with Gasteiger partial charge in [-0.05, 0) is 63.2 Å². The Kier molecular flexibility index (Phi) is 6.89. The number of rotatable bonds is 6. The van der Waals surface area contributed by atoms with Crippen molar-refractivity contribution in [3.8, 4) is 5.75 Å². The van der Waals surface area contributed by atoms with Crippen molar-refractivity contribution in [3.05, 3.63) is 58.1 Å². The number of anilines is 1. The fourth-order valence-corrected chi connectivity index (χ4v) is 2.62. The van der Waals surface area contributed by atoms with Gasteiger partial charge < -0.3 is 14.8 Å². The van der Waals surface area contributed by atoms with Gasteiger partial charge in [0, 0.05) is 15.7 Å². The number of hydrogen-bond acceptors (Lipinski definition) is 4. The summed E-state index contributed by atoms with van der Waals surface area (Å²) in [4.78, 5) is 24.4. The average molecular weight is 396 g/mol. The quantitative estimate of drug-likeness (QED) is 0.701. The molecule has 0 spiro atoms. The van der Waals surface area contributed by atoms with E-state index in [1.807, 2.05) is 13.8 Å². The first-order valence-corrected chi connectivity index (χ1v) is 8.75. The minimum Gasteiger partial charge on any atom is -0.491 e. The van der Waals surface area contributed by atoms with Crippen molar-refractivity contribution in [1.82, 2.24) is 0 Å². The van der Waals surface area contributed by atoms with Gasteiger partial charge in [0.2, 0.25) is 0 Å². The SMILES string of the molecule is CC(C)Oc1ccc(C(=O)O[C@H](C)C(=O)Nc2cc(Cl)cc(Cl)c2)cc1. The highest BCUT2D eigenvalue weighted by Gasteiger charge is 2.19. The van der Waals surface area contributed by atoms with E-state index < -0.39 is 18.0 Å². The lowest BCUT2D eigenvalue weighted by molar-refractivity contribution is -0.123. The second-order valence-electron chi connectivity index (χ2n) is 5.89. The van der Waals surface area contributed by atoms with Gasteiger partial charge in [-0.1, -0.05) is 23.2 Å². The van der Waals surface area contributed by atoms with Crippen molar-refractivity contribution >= 4 is 40.8 Å². The largest absolute Gasteiger partial charge is 0.491 e. The predicted octanol–water partition coefficient (Wildman–Crippen LogP) is 4.96. The Balaban J connectivity index is 1.96. The molecule has 0 saturated heterocycles. The van der Waals surface area contributed by atoms with Gasteiger partial charge in [-0.3, -0.25) is 4.79 Å². The zero-order chi connectivity index (χ0) is 19.3. The molecule has 138 valence electrons. The van der Waals surface area contributed by atoms with E-state index in [0.29, 0.717) is 27.0 Å². The van der Waals surface area contributed by atoms with E-state index in [2.05, 4.69) is 5.32 Å². The first-order chi connectivity index (χ1) is 12.2. The molecule has 7 heteroatoms. The van der Waals surface area contributed by atoms with Crippen LogP contribution in [0, 0.1) is 0 Å². The van der Waals surface area contributed by atoms with E-state index in [1.165, 1.54) is 6.92 Å². The first kappa shape index (κ1) is 20.1. The summed E-state index contributed by atoms with van der Waals surface area (Å²) in [6.45, 7) is 5.31. The van der Waals surface area contributed by atoms with E-state index in [4.69, 9.17) is 32.7 Å². The van der Waals surface area contributed by atoms with Gasteiger partial charge in [0.05, 0.1) is 11.7 Å². The van der Waals surface area contributed by atoms with Crippen molar-refractivity contribution < 1.29 is 19.1 Å². The molecule has 1 N–H and O–H groups in total. The van der Waals surface area contributed by atoms with Crippen molar-refractivity contribution in [1.29, 1.82) is 0 Å². The molecule has 0 aliphatic rings. The molecule has 0 aromatic heterocycles. The minimum atomic E-state index is -0.994. The molecule has 2 aromatic rings. The Labute approximate surface area is 162 Å². The Morgan fingerprint density at radius 1 is 0.962 bits per heavy atom. The fraction of sp³-hybridized carbons (Fsp3) is 0.263. The number of benzene rings is 2. The highest BCUT2D eigenvalue weighted by molar-refractivity contribution is 6.35. The monoisotopic (exact) mass is 395 g/mol. The summed E-state index contributed by atoms with van der Waals surface area (Å²) in [7, 11) is 0. The van der Waals surface area contributed by atoms with Gasteiger partial charge in [-0.25, -0.2) is 4.79 Å². The van der Waals surface area contributed by atoms with Crippen LogP contribution in [0.2, 0.25) is 10.0 Å². The smallest absolute Gasteiger partial charge is 0.338 e. The summed E-state index contributed by atoms with van der Waals surface area (Å²) >= 11 is 11.8. The molecule has 2 aromatic carbocycles. The Hall–Kier alpha value is -2.24. The second kappa shape index (κ2) is 8.92. The van der Waals surface area contributed by atoms with Crippen LogP contribution < -0.4 is 10.1 Å². The van der Waals surface area contributed by atoms with Crippen LogP contribution in [0.15, 0.2) is 42.5 Å². The molecule has 0 aliphatic carbocycles. The predicted molar refractivity (Wildman–Crippen MR) is 102 cm³/mol. The van der Waals surface area contributed by atoms with Crippen LogP contribution in [0.3, 0.4) is 0 Å². The molecule has 0 unspecified atom stereocenters. The zero-order valence-electron chi connectivity index (χ0n) is 14.6. The molecular weight excluding hydrogens is 377 g/mol. The zero-order valence-corrected chi connectivity index (χ0v) is 16.1. The maximum absolute atomic E-state index is 12.2. The molecule has 26 heavy (non-hydrogen) atoms. The number of carbonyl (C=O) groups excluding carboxylic acids is 2. The topological polar surface area (TPSA) is 64.6 Å². The number of hydrogen-bond donors (Lipinski definition) is 1. The number of carbonyl (C=O) groups is 2. The van der Waals surface area contributed by atoms with E-state index in [-0.39, 0.29) is 6.10 Å². The van der Waals surface area contributed by atoms with Crippen molar-refractivity contribution in [2.45, 2.75) is 33.0 Å². The highest BCUT2D eigenvalue weighted by atomic mass is 35.5. The number of halogens is 2. The number of amides is 1. The van der Waals surface area contributed by atoms with Gasteiger partial charge in [0.25, 0.3) is 5.91 Å². The van der Waals surface area contributed by atoms with Crippen LogP contribution in [0.25, 0.3) is 0 Å². The molecule has 1 amide bonds. The van der Waals surface area contributed by atoms with Crippen LogP contribution in [0.1, 0.15) is 31.1 Å². The Morgan fingerprint density at radius 2 is 1.54 bits per heavy atom. The molecule has 1 atom stereocenters. The molecule has 0 fully saturated rings. The summed E-state index contributed by atoms with van der Waals surface area (Å²) in [6, 6.07) is 11.2. The lowest BCUT2D eigenvalue weighted by Gasteiger charge is -2.14. The van der Waals surface area contributed by atoms with Crippen LogP contribution in [0.4, 0.5) is 5.69 Å². The number of esters is 1. The number of nitrogens with one attached hydrogen (secondary N) is 1. The molecule has 0 heterocycles. The van der Waals surface area contributed by atoms with Gasteiger partial charge in [0.15, 0.2) is 6.10 Å². The standard InChI is InChI=1S/C19H19Cl2NO4/c1-11(2)25-17-6-4-13(5-7-17)19(24)26-12(3)18(23)22-16-9-14(20)8-15(21)10-16/h4-12H,1-3H3,(H,22,23)/t12-/m1/s1. The van der Waals surface area contributed by atoms with Crippen LogP contribution >= 0.6 is 23.2 Å². The summed E-state index contributed by atoms with van der Waals surface area (Å²) in [5, 5.41) is 3.39. The molecular formula is C19H19Cl2NO4. The third-order valence-corrected chi connectivity index (χ3v) is 3.68. The summed E-state index contributed by atoms with van der Waals surface area (Å²) in [5.41, 5.74) is 0.747. The van der Waals surface area contributed by atoms with E-state index in [1.54, 1.807) is 42.5 Å². The molecule has 5 nitrogen and oxygen atoms in total. The van der Waals surface area contributed by atoms with E-state index in [9.17, 15) is 9.59 Å². The lowest BCUT2D eigenvalue weighted by atomic mass is 10.2. The third-order valence-electron chi connectivity index (χ3n) is 3.24. The maximum atomic E-state index is 12.2. The van der Waals surface area contributed by atoms with E-state index in [0.717, 1.165) is 0 Å². The Morgan fingerprint density at radius 3 is 2.08 bits per heavy atom. The van der Waals surface area contributed by atoms with Gasteiger partial charge in [-0.15, -0.1) is 0 Å². The van der Waals surface area contributed by atoms with Gasteiger partial charge in [0.1, 0.15) is 5.75 Å². The summed E-state index contributed by atoms with van der Waals surface area (Å²) in [6.07, 6.45) is -0.955. The summed E-state index contributed by atoms with van der Waals surface area (Å²) < 4.78 is 10.7. The van der Waals surface area contributed by atoms with Crippen molar-refractivity contribution in [3.63, 3.8) is 0 Å². The van der Waals surface area contributed by atoms with E-state index >= 15 is 0 Å². The lowest BCUT2D eigenvalue weighted by Crippen LogP contribution is -2.30. The third kappa shape index (κ3) is 5.93. The molecule has 2 rings (SSSR count). The normalized spacial score (nSPS) is 11.8. The first-order valence-electron chi connectivity index (χ1n) is 7.99. The fourth-order valence-electron chi connectivity index (χ4n) is 2.09. The number of ether oxygens (including phenoxy) is 2. The maximum Gasteiger partial charge on any atom is 0.338 e. The van der Waals surface area contributed by atoms with Crippen LogP contribution in [0.5, 0.6) is 5.75 Å². The second-order valence-corrected chi connectivity index (χ2v) is 6.76. The van der Waals surface area contributed by atoms with Gasteiger partial charge >= 0.3 is 5.97 Å². The average Bonchev–Trinajstić information content (AvgIpc) is 2.53. The molecule has 0 aliphatic heterocycles. The Bertz CT molecular complexity index is 770. The van der Waals surface area contributed by atoms with Crippen LogP contribution in [-0.4, -0.2) is 24.1 Å². The molecule has 0 saturated carbocycles. The molecule has 0 radical (unpaired) electrons. The van der Waals surface area contributed by atoms with Crippen LogP contribution in [-0.2, 0) is 9.53 Å². The van der Waals surface area contributed by atoms with Gasteiger partial charge in [-0.2, -0.15) is 0 Å². The molecule has 0 bridgehead atoms.